The first-order chi connectivity index (χ1) is 11.7. The minimum atomic E-state index is 0.0492. The van der Waals surface area contributed by atoms with Crippen molar-refractivity contribution in [1.29, 1.82) is 0 Å². The first kappa shape index (κ1) is 16.3. The van der Waals surface area contributed by atoms with Crippen molar-refractivity contribution in [3.05, 3.63) is 71.3 Å². The van der Waals surface area contributed by atoms with Gasteiger partial charge >= 0.3 is 0 Å². The lowest BCUT2D eigenvalue weighted by molar-refractivity contribution is 0.304. The summed E-state index contributed by atoms with van der Waals surface area (Å²) in [4.78, 5) is 4.23. The number of nitrogens with zero attached hydrogens (tertiary/aromatic N) is 3. The van der Waals surface area contributed by atoms with E-state index in [1.165, 1.54) is 0 Å². The first-order valence-electron chi connectivity index (χ1n) is 7.57. The van der Waals surface area contributed by atoms with Crippen LogP contribution in [-0.2, 0) is 6.61 Å². The van der Waals surface area contributed by atoms with E-state index in [1.54, 1.807) is 19.5 Å². The van der Waals surface area contributed by atoms with E-state index in [-0.39, 0.29) is 6.04 Å². The minimum Gasteiger partial charge on any atom is -0.497 e. The molecule has 0 fully saturated rings. The van der Waals surface area contributed by atoms with Crippen LogP contribution >= 0.6 is 11.6 Å². The maximum absolute atomic E-state index is 6.16. The van der Waals surface area contributed by atoms with Crippen LogP contribution in [0.2, 0.25) is 5.15 Å². The second-order valence-corrected chi connectivity index (χ2v) is 5.71. The number of hydrogen-bond donors (Lipinski definition) is 0. The van der Waals surface area contributed by atoms with E-state index in [1.807, 2.05) is 54.2 Å². The maximum Gasteiger partial charge on any atom is 0.171 e. The van der Waals surface area contributed by atoms with Gasteiger partial charge in [0.05, 0.1) is 13.2 Å². The third-order valence-electron chi connectivity index (χ3n) is 3.79. The van der Waals surface area contributed by atoms with Crippen LogP contribution in [0.1, 0.15) is 24.1 Å². The normalized spacial score (nSPS) is 12.0. The SMILES string of the molecule is COc1ccc(COc2cc(C(C)n3cccn3)cnc2Cl)cc1. The molecule has 2 heterocycles. The summed E-state index contributed by atoms with van der Waals surface area (Å²) in [6.07, 6.45) is 5.41. The van der Waals surface area contributed by atoms with E-state index in [0.29, 0.717) is 17.5 Å². The summed E-state index contributed by atoms with van der Waals surface area (Å²) in [5.74, 6) is 1.37. The number of rotatable bonds is 6. The van der Waals surface area contributed by atoms with Crippen LogP contribution in [0.4, 0.5) is 0 Å². The van der Waals surface area contributed by atoms with E-state index in [4.69, 9.17) is 21.1 Å². The number of aromatic nitrogens is 3. The van der Waals surface area contributed by atoms with Crippen molar-refractivity contribution in [3.63, 3.8) is 0 Å². The molecule has 2 aromatic heterocycles. The third-order valence-corrected chi connectivity index (χ3v) is 4.07. The molecular weight excluding hydrogens is 326 g/mol. The Bertz CT molecular complexity index is 789. The fourth-order valence-corrected chi connectivity index (χ4v) is 2.48. The summed E-state index contributed by atoms with van der Waals surface area (Å²) in [7, 11) is 1.64. The Balaban J connectivity index is 1.74. The Labute approximate surface area is 145 Å². The highest BCUT2D eigenvalue weighted by molar-refractivity contribution is 6.30. The lowest BCUT2D eigenvalue weighted by atomic mass is 10.1. The summed E-state index contributed by atoms with van der Waals surface area (Å²) >= 11 is 6.16. The Kier molecular flexibility index (Phi) is 5.01. The van der Waals surface area contributed by atoms with Gasteiger partial charge in [0, 0.05) is 18.6 Å². The monoisotopic (exact) mass is 343 g/mol. The fourth-order valence-electron chi connectivity index (χ4n) is 2.32. The van der Waals surface area contributed by atoms with Crippen LogP contribution in [0.5, 0.6) is 11.5 Å². The molecule has 1 atom stereocenters. The Morgan fingerprint density at radius 2 is 2.04 bits per heavy atom. The minimum absolute atomic E-state index is 0.0492. The van der Waals surface area contributed by atoms with Gasteiger partial charge in [-0.25, -0.2) is 4.98 Å². The number of pyridine rings is 1. The highest BCUT2D eigenvalue weighted by Gasteiger charge is 2.12. The summed E-state index contributed by atoms with van der Waals surface area (Å²) in [6, 6.07) is 11.6. The van der Waals surface area contributed by atoms with Crippen molar-refractivity contribution in [2.75, 3.05) is 7.11 Å². The Morgan fingerprint density at radius 3 is 2.71 bits per heavy atom. The lowest BCUT2D eigenvalue weighted by Gasteiger charge is -2.15. The summed E-state index contributed by atoms with van der Waals surface area (Å²) in [5, 5.41) is 4.60. The van der Waals surface area contributed by atoms with Crippen LogP contribution in [0.3, 0.4) is 0 Å². The van der Waals surface area contributed by atoms with Gasteiger partial charge in [0.1, 0.15) is 12.4 Å². The molecule has 0 saturated heterocycles. The van der Waals surface area contributed by atoms with E-state index >= 15 is 0 Å². The van der Waals surface area contributed by atoms with Crippen molar-refractivity contribution in [1.82, 2.24) is 14.8 Å². The quantitative estimate of drug-likeness (QED) is 0.631. The van der Waals surface area contributed by atoms with Crippen LogP contribution in [0.25, 0.3) is 0 Å². The summed E-state index contributed by atoms with van der Waals surface area (Å²) in [6.45, 7) is 2.45. The zero-order chi connectivity index (χ0) is 16.9. The van der Waals surface area contributed by atoms with Crippen molar-refractivity contribution in [2.45, 2.75) is 19.6 Å². The average molecular weight is 344 g/mol. The van der Waals surface area contributed by atoms with Crippen molar-refractivity contribution in [3.8, 4) is 11.5 Å². The van der Waals surface area contributed by atoms with Gasteiger partial charge in [-0.15, -0.1) is 0 Å². The molecule has 0 spiro atoms. The largest absolute Gasteiger partial charge is 0.497 e. The molecule has 0 aliphatic rings. The molecular formula is C18H18ClN3O2. The van der Waals surface area contributed by atoms with Gasteiger partial charge in [0.25, 0.3) is 0 Å². The van der Waals surface area contributed by atoms with Crippen molar-refractivity contribution >= 4 is 11.6 Å². The topological polar surface area (TPSA) is 49.2 Å². The third kappa shape index (κ3) is 3.68. The van der Waals surface area contributed by atoms with E-state index in [2.05, 4.69) is 10.1 Å². The first-order valence-corrected chi connectivity index (χ1v) is 7.95. The maximum atomic E-state index is 6.16. The average Bonchev–Trinajstić information content (AvgIpc) is 3.15. The van der Waals surface area contributed by atoms with Crippen LogP contribution in [-0.4, -0.2) is 21.9 Å². The molecule has 0 aliphatic heterocycles. The second kappa shape index (κ2) is 7.36. The van der Waals surface area contributed by atoms with Gasteiger partial charge < -0.3 is 9.47 Å². The van der Waals surface area contributed by atoms with Gasteiger partial charge in [-0.3, -0.25) is 4.68 Å². The lowest BCUT2D eigenvalue weighted by Crippen LogP contribution is -2.08. The van der Waals surface area contributed by atoms with E-state index in [9.17, 15) is 0 Å². The molecule has 5 nitrogen and oxygen atoms in total. The molecule has 6 heteroatoms. The molecule has 3 rings (SSSR count). The van der Waals surface area contributed by atoms with Crippen LogP contribution < -0.4 is 9.47 Å². The number of halogens is 1. The molecule has 3 aromatic rings. The Hall–Kier alpha value is -2.53. The number of methoxy groups -OCH3 is 1. The standard InChI is InChI=1S/C18H18ClN3O2/c1-13(22-9-3-8-21-22)15-10-17(18(19)20-11-15)24-12-14-4-6-16(23-2)7-5-14/h3-11,13H,12H2,1-2H3. The molecule has 0 amide bonds. The molecule has 24 heavy (non-hydrogen) atoms. The number of hydrogen-bond acceptors (Lipinski definition) is 4. The van der Waals surface area contributed by atoms with Gasteiger partial charge in [-0.2, -0.15) is 5.10 Å². The van der Waals surface area contributed by atoms with Gasteiger partial charge in [0.2, 0.25) is 0 Å². The second-order valence-electron chi connectivity index (χ2n) is 5.36. The zero-order valence-electron chi connectivity index (χ0n) is 13.5. The molecule has 0 aliphatic carbocycles. The predicted molar refractivity (Wildman–Crippen MR) is 92.6 cm³/mol. The molecule has 0 radical (unpaired) electrons. The van der Waals surface area contributed by atoms with E-state index in [0.717, 1.165) is 16.9 Å². The number of benzene rings is 1. The van der Waals surface area contributed by atoms with Crippen LogP contribution in [0.15, 0.2) is 55.0 Å². The summed E-state index contributed by atoms with van der Waals surface area (Å²) < 4.78 is 12.8. The van der Waals surface area contributed by atoms with Crippen molar-refractivity contribution in [2.24, 2.45) is 0 Å². The highest BCUT2D eigenvalue weighted by Crippen LogP contribution is 2.27. The van der Waals surface area contributed by atoms with Crippen molar-refractivity contribution < 1.29 is 9.47 Å². The zero-order valence-corrected chi connectivity index (χ0v) is 14.3. The molecule has 124 valence electrons. The van der Waals surface area contributed by atoms with Gasteiger partial charge in [-0.1, -0.05) is 23.7 Å². The molecule has 0 bridgehead atoms. The number of ether oxygens (including phenoxy) is 2. The highest BCUT2D eigenvalue weighted by atomic mass is 35.5. The molecule has 1 aromatic carbocycles. The van der Waals surface area contributed by atoms with Gasteiger partial charge in [0.15, 0.2) is 10.9 Å². The predicted octanol–water partition coefficient (Wildman–Crippen LogP) is 4.13. The van der Waals surface area contributed by atoms with E-state index < -0.39 is 0 Å². The molecule has 0 saturated carbocycles. The molecule has 0 N–H and O–H groups in total. The van der Waals surface area contributed by atoms with Crippen LogP contribution in [0, 0.1) is 0 Å². The fraction of sp³-hybridized carbons (Fsp3) is 0.222. The smallest absolute Gasteiger partial charge is 0.171 e. The Morgan fingerprint density at radius 1 is 1.25 bits per heavy atom. The molecule has 1 unspecified atom stereocenters. The summed E-state index contributed by atoms with van der Waals surface area (Å²) in [5.41, 5.74) is 2.00. The van der Waals surface area contributed by atoms with Gasteiger partial charge in [-0.05, 0) is 42.3 Å².